The molecule has 1 rings (SSSR count). The lowest BCUT2D eigenvalue weighted by Gasteiger charge is -2.11. The van der Waals surface area contributed by atoms with Gasteiger partial charge in [-0.2, -0.15) is 0 Å². The van der Waals surface area contributed by atoms with Gasteiger partial charge in [0, 0.05) is 11.6 Å². The molecule has 0 aliphatic rings. The first-order valence-electron chi connectivity index (χ1n) is 4.93. The molecule has 0 saturated heterocycles. The maximum atomic E-state index is 5.42. The molecule has 1 N–H and O–H groups in total. The minimum Gasteiger partial charge on any atom is -0.490 e. The number of benzene rings is 1. The third-order valence-electron chi connectivity index (χ3n) is 2.25. The Morgan fingerprint density at radius 1 is 1.40 bits per heavy atom. The summed E-state index contributed by atoms with van der Waals surface area (Å²) in [6.07, 6.45) is 1.76. The van der Waals surface area contributed by atoms with E-state index in [-0.39, 0.29) is 0 Å². The summed E-state index contributed by atoms with van der Waals surface area (Å²) in [6, 6.07) is 8.40. The van der Waals surface area contributed by atoms with Gasteiger partial charge < -0.3 is 10.1 Å². The van der Waals surface area contributed by atoms with E-state index < -0.39 is 0 Å². The van der Waals surface area contributed by atoms with Gasteiger partial charge in [0.25, 0.3) is 0 Å². The van der Waals surface area contributed by atoms with Crippen molar-refractivity contribution in [3.63, 3.8) is 0 Å². The number of nitrogens with one attached hydrogen (secondary N) is 1. The van der Waals surface area contributed by atoms with E-state index in [0.29, 0.717) is 12.6 Å². The first-order valence-corrected chi connectivity index (χ1v) is 5.37. The van der Waals surface area contributed by atoms with Crippen LogP contribution in [0.2, 0.25) is 0 Å². The van der Waals surface area contributed by atoms with Gasteiger partial charge in [-0.3, -0.25) is 0 Å². The molecule has 82 valence electrons. The van der Waals surface area contributed by atoms with Gasteiger partial charge in [-0.15, -0.1) is 0 Å². The van der Waals surface area contributed by atoms with Crippen LogP contribution in [0.1, 0.15) is 18.5 Å². The molecule has 1 unspecified atom stereocenters. The molecule has 0 amide bonds. The van der Waals surface area contributed by atoms with E-state index in [1.165, 1.54) is 11.1 Å². The fraction of sp³-hybridized carbons (Fsp3) is 0.333. The monoisotopic (exact) mass is 225 g/mol. The molecule has 1 aromatic rings. The Kier molecular flexibility index (Phi) is 5.22. The van der Waals surface area contributed by atoms with E-state index in [1.54, 1.807) is 6.08 Å². The van der Waals surface area contributed by atoms with Crippen molar-refractivity contribution >= 4 is 11.6 Å². The summed E-state index contributed by atoms with van der Waals surface area (Å²) < 4.78 is 5.42. The van der Waals surface area contributed by atoms with Crippen molar-refractivity contribution in [3.05, 3.63) is 41.4 Å². The fourth-order valence-electron chi connectivity index (χ4n) is 1.20. The molecule has 0 bridgehead atoms. The van der Waals surface area contributed by atoms with Crippen LogP contribution in [0.3, 0.4) is 0 Å². The van der Waals surface area contributed by atoms with Crippen molar-refractivity contribution in [3.8, 4) is 5.75 Å². The van der Waals surface area contributed by atoms with Gasteiger partial charge in [0.05, 0.1) is 0 Å². The van der Waals surface area contributed by atoms with Crippen LogP contribution in [0.25, 0.3) is 0 Å². The summed E-state index contributed by atoms with van der Waals surface area (Å²) in [6.45, 7) is 2.62. The standard InChI is InChI=1S/C12H16ClNO/c1-10(14-2)11-4-6-12(7-5-11)15-9-3-8-13/h3-8,10,14H,9H2,1-2H3/b8-3+. The van der Waals surface area contributed by atoms with Crippen LogP contribution in [0.15, 0.2) is 35.9 Å². The first-order chi connectivity index (χ1) is 7.27. The molecular formula is C12H16ClNO. The van der Waals surface area contributed by atoms with Crippen molar-refractivity contribution in [2.45, 2.75) is 13.0 Å². The molecule has 1 atom stereocenters. The molecule has 3 heteroatoms. The lowest BCUT2D eigenvalue weighted by molar-refractivity contribution is 0.363. The van der Waals surface area contributed by atoms with Gasteiger partial charge in [-0.05, 0) is 37.7 Å². The highest BCUT2D eigenvalue weighted by Gasteiger charge is 2.01. The molecule has 0 saturated carbocycles. The van der Waals surface area contributed by atoms with Crippen LogP contribution < -0.4 is 10.1 Å². The lowest BCUT2D eigenvalue weighted by atomic mass is 10.1. The summed E-state index contributed by atoms with van der Waals surface area (Å²) in [5.41, 5.74) is 2.70. The van der Waals surface area contributed by atoms with E-state index in [0.717, 1.165) is 5.75 Å². The average Bonchev–Trinajstić information content (AvgIpc) is 2.29. The zero-order chi connectivity index (χ0) is 11.1. The zero-order valence-corrected chi connectivity index (χ0v) is 9.79. The third-order valence-corrected chi connectivity index (χ3v) is 2.43. The fourth-order valence-corrected chi connectivity index (χ4v) is 1.27. The van der Waals surface area contributed by atoms with E-state index in [9.17, 15) is 0 Å². The van der Waals surface area contributed by atoms with Crippen LogP contribution in [0.4, 0.5) is 0 Å². The Morgan fingerprint density at radius 3 is 2.60 bits per heavy atom. The Labute approximate surface area is 95.9 Å². The largest absolute Gasteiger partial charge is 0.490 e. The highest BCUT2D eigenvalue weighted by molar-refractivity contribution is 6.25. The van der Waals surface area contributed by atoms with Crippen molar-refractivity contribution in [2.75, 3.05) is 13.7 Å². The maximum absolute atomic E-state index is 5.42. The molecular weight excluding hydrogens is 210 g/mol. The molecule has 0 aromatic heterocycles. The maximum Gasteiger partial charge on any atom is 0.119 e. The first kappa shape index (κ1) is 12.1. The number of hydrogen-bond donors (Lipinski definition) is 1. The number of ether oxygens (including phenoxy) is 1. The number of rotatable bonds is 5. The highest BCUT2D eigenvalue weighted by atomic mass is 35.5. The predicted molar refractivity (Wildman–Crippen MR) is 64.4 cm³/mol. The summed E-state index contributed by atoms with van der Waals surface area (Å²) in [7, 11) is 1.94. The van der Waals surface area contributed by atoms with Crippen molar-refractivity contribution in [1.29, 1.82) is 0 Å². The number of hydrogen-bond acceptors (Lipinski definition) is 2. The minimum absolute atomic E-state index is 0.363. The van der Waals surface area contributed by atoms with Gasteiger partial charge in [0.2, 0.25) is 0 Å². The van der Waals surface area contributed by atoms with Crippen molar-refractivity contribution in [1.82, 2.24) is 5.32 Å². The van der Waals surface area contributed by atoms with Gasteiger partial charge in [0.15, 0.2) is 0 Å². The zero-order valence-electron chi connectivity index (χ0n) is 9.03. The Hall–Kier alpha value is -0.990. The Bertz CT molecular complexity index is 308. The number of halogens is 1. The molecule has 0 heterocycles. The molecule has 2 nitrogen and oxygen atoms in total. The highest BCUT2D eigenvalue weighted by Crippen LogP contribution is 2.17. The second-order valence-corrected chi connectivity index (χ2v) is 3.50. The van der Waals surface area contributed by atoms with Crippen LogP contribution >= 0.6 is 11.6 Å². The molecule has 0 spiro atoms. The van der Waals surface area contributed by atoms with E-state index in [2.05, 4.69) is 24.4 Å². The second kappa shape index (κ2) is 6.49. The van der Waals surface area contributed by atoms with Crippen LogP contribution in [-0.2, 0) is 0 Å². The summed E-state index contributed by atoms with van der Waals surface area (Å²) in [5.74, 6) is 0.858. The normalized spacial score (nSPS) is 13.0. The molecule has 0 aliphatic heterocycles. The molecule has 0 radical (unpaired) electrons. The van der Waals surface area contributed by atoms with Crippen LogP contribution in [0.5, 0.6) is 5.75 Å². The van der Waals surface area contributed by atoms with Crippen molar-refractivity contribution in [2.24, 2.45) is 0 Å². The van der Waals surface area contributed by atoms with E-state index >= 15 is 0 Å². The summed E-state index contributed by atoms with van der Waals surface area (Å²) in [5, 5.41) is 3.18. The molecule has 0 aliphatic carbocycles. The smallest absolute Gasteiger partial charge is 0.119 e. The van der Waals surface area contributed by atoms with Crippen LogP contribution in [-0.4, -0.2) is 13.7 Å². The van der Waals surface area contributed by atoms with Gasteiger partial charge in [-0.25, -0.2) is 0 Å². The van der Waals surface area contributed by atoms with Gasteiger partial charge >= 0.3 is 0 Å². The SMILES string of the molecule is CNC(C)c1ccc(OC/C=C/Cl)cc1. The minimum atomic E-state index is 0.363. The van der Waals surface area contributed by atoms with Gasteiger partial charge in [-0.1, -0.05) is 23.7 Å². The Balaban J connectivity index is 2.56. The molecule has 15 heavy (non-hydrogen) atoms. The van der Waals surface area contributed by atoms with Gasteiger partial charge in [0.1, 0.15) is 12.4 Å². The predicted octanol–water partition coefficient (Wildman–Crippen LogP) is 3.10. The van der Waals surface area contributed by atoms with Crippen LogP contribution in [0, 0.1) is 0 Å². The third kappa shape index (κ3) is 3.94. The molecule has 1 aromatic carbocycles. The average molecular weight is 226 g/mol. The summed E-state index contributed by atoms with van der Waals surface area (Å²) >= 11 is 5.38. The molecule has 0 fully saturated rings. The topological polar surface area (TPSA) is 21.3 Å². The van der Waals surface area contributed by atoms with E-state index in [4.69, 9.17) is 16.3 Å². The lowest BCUT2D eigenvalue weighted by Crippen LogP contribution is -2.11. The summed E-state index contributed by atoms with van der Waals surface area (Å²) in [4.78, 5) is 0. The Morgan fingerprint density at radius 2 is 2.07 bits per heavy atom. The van der Waals surface area contributed by atoms with Crippen molar-refractivity contribution < 1.29 is 4.74 Å². The quantitative estimate of drug-likeness (QED) is 0.832. The second-order valence-electron chi connectivity index (χ2n) is 3.25. The van der Waals surface area contributed by atoms with E-state index in [1.807, 2.05) is 19.2 Å².